The van der Waals surface area contributed by atoms with Gasteiger partial charge in [-0.3, -0.25) is 0 Å². The Hall–Kier alpha value is -1.34. The van der Waals surface area contributed by atoms with Gasteiger partial charge in [-0.2, -0.15) is 0 Å². The van der Waals surface area contributed by atoms with Crippen molar-refractivity contribution in [3.63, 3.8) is 0 Å². The van der Waals surface area contributed by atoms with Crippen molar-refractivity contribution in [2.75, 3.05) is 6.61 Å². The lowest BCUT2D eigenvalue weighted by atomic mass is 9.94. The topological polar surface area (TPSA) is 20.2 Å². The van der Waals surface area contributed by atoms with Crippen molar-refractivity contribution in [2.45, 2.75) is 25.2 Å². The first-order valence-electron chi connectivity index (χ1n) is 5.85. The summed E-state index contributed by atoms with van der Waals surface area (Å²) in [6, 6.07) is 13.1. The van der Waals surface area contributed by atoms with Crippen LogP contribution >= 0.6 is 0 Å². The highest BCUT2D eigenvalue weighted by Gasteiger charge is 2.43. The van der Waals surface area contributed by atoms with Gasteiger partial charge in [-0.25, -0.2) is 0 Å². The van der Waals surface area contributed by atoms with Gasteiger partial charge in [0.15, 0.2) is 0 Å². The van der Waals surface area contributed by atoms with Crippen molar-refractivity contribution in [1.82, 2.24) is 0 Å². The molecule has 0 radical (unpaired) electrons. The average Bonchev–Trinajstić information content (AvgIpc) is 3.09. The molecule has 1 saturated carbocycles. The fraction of sp³-hybridized carbons (Fsp3) is 0.333. The monoisotopic (exact) mass is 212 g/mol. The van der Waals surface area contributed by atoms with Gasteiger partial charge in [0.25, 0.3) is 0 Å². The zero-order valence-electron chi connectivity index (χ0n) is 9.53. The molecule has 1 fully saturated rings. The van der Waals surface area contributed by atoms with Gasteiger partial charge in [0.1, 0.15) is 0 Å². The van der Waals surface area contributed by atoms with E-state index in [-0.39, 0.29) is 12.0 Å². The average molecular weight is 212 g/mol. The van der Waals surface area contributed by atoms with Crippen molar-refractivity contribution in [2.24, 2.45) is 0 Å². The van der Waals surface area contributed by atoms with Crippen molar-refractivity contribution in [1.29, 1.82) is 0 Å². The molecule has 2 aromatic rings. The molecule has 16 heavy (non-hydrogen) atoms. The molecule has 0 saturated heterocycles. The maximum absolute atomic E-state index is 9.44. The van der Waals surface area contributed by atoms with E-state index in [2.05, 4.69) is 43.3 Å². The molecule has 0 amide bonds. The van der Waals surface area contributed by atoms with Crippen LogP contribution < -0.4 is 0 Å². The maximum Gasteiger partial charge on any atom is 0.0527 e. The molecule has 0 atom stereocenters. The van der Waals surface area contributed by atoms with E-state index >= 15 is 0 Å². The molecule has 0 unspecified atom stereocenters. The Morgan fingerprint density at radius 3 is 2.50 bits per heavy atom. The van der Waals surface area contributed by atoms with Crippen molar-refractivity contribution in [3.05, 3.63) is 47.5 Å². The second kappa shape index (κ2) is 3.33. The van der Waals surface area contributed by atoms with Gasteiger partial charge >= 0.3 is 0 Å². The van der Waals surface area contributed by atoms with Gasteiger partial charge in [0.2, 0.25) is 0 Å². The number of aliphatic hydroxyl groups is 1. The lowest BCUT2D eigenvalue weighted by Gasteiger charge is -2.13. The Morgan fingerprint density at radius 1 is 1.06 bits per heavy atom. The summed E-state index contributed by atoms with van der Waals surface area (Å²) in [7, 11) is 0. The quantitative estimate of drug-likeness (QED) is 0.810. The number of aryl methyl sites for hydroxylation is 1. The van der Waals surface area contributed by atoms with Gasteiger partial charge < -0.3 is 5.11 Å². The van der Waals surface area contributed by atoms with Crippen LogP contribution in [-0.4, -0.2) is 11.7 Å². The summed E-state index contributed by atoms with van der Waals surface area (Å²) in [5.41, 5.74) is 2.67. The maximum atomic E-state index is 9.44. The molecule has 1 aliphatic carbocycles. The lowest BCUT2D eigenvalue weighted by Crippen LogP contribution is -2.11. The van der Waals surface area contributed by atoms with E-state index in [9.17, 15) is 5.11 Å². The van der Waals surface area contributed by atoms with Gasteiger partial charge in [-0.15, -0.1) is 0 Å². The van der Waals surface area contributed by atoms with Crippen molar-refractivity contribution in [3.8, 4) is 0 Å². The summed E-state index contributed by atoms with van der Waals surface area (Å²) >= 11 is 0. The lowest BCUT2D eigenvalue weighted by molar-refractivity contribution is 0.255. The van der Waals surface area contributed by atoms with Crippen LogP contribution in [-0.2, 0) is 5.41 Å². The normalized spacial score (nSPS) is 17.6. The van der Waals surface area contributed by atoms with Gasteiger partial charge in [-0.05, 0) is 36.1 Å². The van der Waals surface area contributed by atoms with Crippen LogP contribution in [0, 0.1) is 6.92 Å². The van der Waals surface area contributed by atoms with Crippen molar-refractivity contribution < 1.29 is 5.11 Å². The highest BCUT2D eigenvalue weighted by Crippen LogP contribution is 2.48. The van der Waals surface area contributed by atoms with E-state index in [0.717, 1.165) is 12.8 Å². The van der Waals surface area contributed by atoms with E-state index in [4.69, 9.17) is 0 Å². The largest absolute Gasteiger partial charge is 0.395 e. The van der Waals surface area contributed by atoms with E-state index in [1.54, 1.807) is 0 Å². The summed E-state index contributed by atoms with van der Waals surface area (Å²) in [6.07, 6.45) is 2.25. The Bertz CT molecular complexity index is 538. The number of hydrogen-bond donors (Lipinski definition) is 1. The van der Waals surface area contributed by atoms with Gasteiger partial charge in [-0.1, -0.05) is 42.0 Å². The van der Waals surface area contributed by atoms with Crippen LogP contribution in [0.1, 0.15) is 24.0 Å². The first kappa shape index (κ1) is 9.86. The number of fused-ring (bicyclic) bond motifs is 1. The van der Waals surface area contributed by atoms with Crippen LogP contribution in [0.15, 0.2) is 36.4 Å². The molecule has 1 nitrogen and oxygen atoms in total. The SMILES string of the molecule is Cc1ccc2ccc(C3(CO)CC3)cc2c1. The third-order valence-corrected chi connectivity index (χ3v) is 3.76. The van der Waals surface area contributed by atoms with Gasteiger partial charge in [0.05, 0.1) is 6.61 Å². The Morgan fingerprint density at radius 2 is 1.81 bits per heavy atom. The molecule has 0 heterocycles. The minimum absolute atomic E-state index is 0.0813. The summed E-state index contributed by atoms with van der Waals surface area (Å²) in [4.78, 5) is 0. The minimum Gasteiger partial charge on any atom is -0.395 e. The van der Waals surface area contributed by atoms with Crippen LogP contribution in [0.4, 0.5) is 0 Å². The molecule has 2 aromatic carbocycles. The molecule has 0 aromatic heterocycles. The van der Waals surface area contributed by atoms with E-state index in [1.807, 2.05) is 0 Å². The molecule has 0 spiro atoms. The van der Waals surface area contributed by atoms with Crippen LogP contribution in [0.5, 0.6) is 0 Å². The van der Waals surface area contributed by atoms with E-state index in [1.165, 1.54) is 21.9 Å². The molecule has 0 aliphatic heterocycles. The Labute approximate surface area is 95.7 Å². The zero-order valence-corrected chi connectivity index (χ0v) is 9.53. The van der Waals surface area contributed by atoms with E-state index < -0.39 is 0 Å². The summed E-state index contributed by atoms with van der Waals surface area (Å²) < 4.78 is 0. The molecule has 1 aliphatic rings. The highest BCUT2D eigenvalue weighted by molar-refractivity contribution is 5.84. The number of hydrogen-bond acceptors (Lipinski definition) is 1. The molecule has 82 valence electrons. The standard InChI is InChI=1S/C15H16O/c1-11-2-3-12-4-5-14(9-13(12)8-11)15(10-16)6-7-15/h2-5,8-9,16H,6-7,10H2,1H3. The molecule has 1 heteroatoms. The molecule has 0 bridgehead atoms. The number of aliphatic hydroxyl groups excluding tert-OH is 1. The molecule has 3 rings (SSSR count). The summed E-state index contributed by atoms with van der Waals surface area (Å²) in [5, 5.41) is 12.0. The zero-order chi connectivity index (χ0) is 11.2. The number of benzene rings is 2. The third-order valence-electron chi connectivity index (χ3n) is 3.76. The number of rotatable bonds is 2. The van der Waals surface area contributed by atoms with E-state index in [0.29, 0.717) is 0 Å². The Balaban J connectivity index is 2.15. The highest BCUT2D eigenvalue weighted by atomic mass is 16.3. The predicted molar refractivity (Wildman–Crippen MR) is 66.7 cm³/mol. The van der Waals surface area contributed by atoms with Crippen LogP contribution in [0.25, 0.3) is 10.8 Å². The fourth-order valence-electron chi connectivity index (χ4n) is 2.38. The predicted octanol–water partition coefficient (Wildman–Crippen LogP) is 3.17. The first-order valence-corrected chi connectivity index (χ1v) is 5.85. The fourth-order valence-corrected chi connectivity index (χ4v) is 2.38. The smallest absolute Gasteiger partial charge is 0.0527 e. The minimum atomic E-state index is 0.0813. The van der Waals surface area contributed by atoms with Crippen molar-refractivity contribution >= 4 is 10.8 Å². The van der Waals surface area contributed by atoms with Crippen LogP contribution in [0.3, 0.4) is 0 Å². The third kappa shape index (κ3) is 1.43. The molecular weight excluding hydrogens is 196 g/mol. The first-order chi connectivity index (χ1) is 7.73. The second-order valence-electron chi connectivity index (χ2n) is 5.00. The summed E-state index contributed by atoms with van der Waals surface area (Å²) in [5.74, 6) is 0. The Kier molecular flexibility index (Phi) is 2.05. The van der Waals surface area contributed by atoms with Crippen LogP contribution in [0.2, 0.25) is 0 Å². The summed E-state index contributed by atoms with van der Waals surface area (Å²) in [6.45, 7) is 2.40. The van der Waals surface area contributed by atoms with Gasteiger partial charge in [0, 0.05) is 5.41 Å². The second-order valence-corrected chi connectivity index (χ2v) is 5.00. The molecular formula is C15H16O. The molecule has 1 N–H and O–H groups in total.